The van der Waals surface area contributed by atoms with Gasteiger partial charge in [0.15, 0.2) is 5.82 Å². The molecular weight excluding hydrogens is 1150 g/mol. The summed E-state index contributed by atoms with van der Waals surface area (Å²) < 4.78 is 7.06. The van der Waals surface area contributed by atoms with E-state index in [1.165, 1.54) is 10.8 Å². The number of anilines is 9. The second-order valence-corrected chi connectivity index (χ2v) is 23.7. The third-order valence-electron chi connectivity index (χ3n) is 18.2. The number of aromatic nitrogens is 6. The van der Waals surface area contributed by atoms with Crippen molar-refractivity contribution in [2.75, 3.05) is 14.7 Å². The molecule has 9 nitrogen and oxygen atoms in total. The maximum Gasteiger partial charge on any atom is 0.240 e. The van der Waals surface area contributed by atoms with E-state index >= 15 is 0 Å². The van der Waals surface area contributed by atoms with Crippen LogP contribution in [0.25, 0.3) is 105 Å². The van der Waals surface area contributed by atoms with Gasteiger partial charge in [0.05, 0.1) is 33.1 Å². The van der Waals surface area contributed by atoms with Crippen molar-refractivity contribution in [2.45, 2.75) is 0 Å². The van der Waals surface area contributed by atoms with Crippen molar-refractivity contribution in [1.29, 1.82) is 0 Å². The summed E-state index contributed by atoms with van der Waals surface area (Å²) in [4.78, 5) is 23.7. The van der Waals surface area contributed by atoms with Crippen molar-refractivity contribution in [1.82, 2.24) is 28.7 Å². The summed E-state index contributed by atoms with van der Waals surface area (Å²) in [5.41, 5.74) is 17.6. The van der Waals surface area contributed by atoms with E-state index in [1.807, 2.05) is 0 Å². The summed E-state index contributed by atoms with van der Waals surface area (Å²) in [7, 11) is 0. The van der Waals surface area contributed by atoms with Gasteiger partial charge in [-0.25, -0.2) is 0 Å². The molecule has 0 bridgehead atoms. The van der Waals surface area contributed by atoms with E-state index in [2.05, 4.69) is 374 Å². The highest BCUT2D eigenvalue weighted by atomic mass is 15.3. The second-order valence-electron chi connectivity index (χ2n) is 23.7. The van der Waals surface area contributed by atoms with E-state index in [-0.39, 0.29) is 0 Å². The number of hydrogen-bond acceptors (Lipinski definition) is 6. The van der Waals surface area contributed by atoms with Crippen molar-refractivity contribution >= 4 is 128 Å². The molecule has 18 rings (SSSR count). The van der Waals surface area contributed by atoms with Gasteiger partial charge >= 0.3 is 0 Å². The molecule has 0 N–H and O–H groups in total. The zero-order valence-electron chi connectivity index (χ0n) is 50.9. The Labute approximate surface area is 542 Å². The highest BCUT2D eigenvalue weighted by Crippen LogP contribution is 2.45. The second kappa shape index (κ2) is 22.6. The predicted octanol–water partition coefficient (Wildman–Crippen LogP) is 22.4. The molecule has 0 amide bonds. The molecule has 0 aliphatic heterocycles. The van der Waals surface area contributed by atoms with Crippen LogP contribution in [0.1, 0.15) is 0 Å². The summed E-state index contributed by atoms with van der Waals surface area (Å²) in [5, 5.41) is 8.98. The molecule has 0 aliphatic carbocycles. The highest BCUT2D eigenvalue weighted by molar-refractivity contribution is 6.13. The summed E-state index contributed by atoms with van der Waals surface area (Å²) in [6.07, 6.45) is 0. The van der Waals surface area contributed by atoms with Crippen LogP contribution in [0.3, 0.4) is 0 Å². The Bertz CT molecular complexity index is 5650. The van der Waals surface area contributed by atoms with Gasteiger partial charge in [-0.2, -0.15) is 15.0 Å². The van der Waals surface area contributed by atoms with Gasteiger partial charge < -0.3 is 18.6 Å². The lowest BCUT2D eigenvalue weighted by atomic mass is 10.0. The lowest BCUT2D eigenvalue weighted by Crippen LogP contribution is -2.19. The van der Waals surface area contributed by atoms with Crippen molar-refractivity contribution in [3.8, 4) is 28.5 Å². The SMILES string of the molecule is c1ccc(N(c2ccc3ccc(-c4nc(N(c5ccccc5)c5ccc6c(c5)c5ccccc5n6-c5ccccc5)nc(N(c5ccccc5)c5ccc6c(c5)c5ccccc5n6-c5ccccc5)n4)cc3c2)c2ccc3c(c2)c2ccccc2n3-c2ccccc2)cc1. The van der Waals surface area contributed by atoms with Crippen LogP contribution in [-0.2, 0) is 0 Å². The fraction of sp³-hybridized carbons (Fsp3) is 0. The van der Waals surface area contributed by atoms with E-state index in [0.29, 0.717) is 17.7 Å². The van der Waals surface area contributed by atoms with Crippen LogP contribution in [0.4, 0.5) is 51.7 Å². The van der Waals surface area contributed by atoms with Crippen molar-refractivity contribution < 1.29 is 0 Å². The third kappa shape index (κ3) is 9.21. The Morgan fingerprint density at radius 2 is 0.511 bits per heavy atom. The van der Waals surface area contributed by atoms with Gasteiger partial charge in [0.1, 0.15) is 0 Å². The first-order valence-electron chi connectivity index (χ1n) is 31.8. The van der Waals surface area contributed by atoms with E-state index < -0.39 is 0 Å². The first kappa shape index (κ1) is 54.1. The molecule has 0 saturated carbocycles. The number of benzene rings is 14. The first-order chi connectivity index (χ1) is 46.6. The lowest BCUT2D eigenvalue weighted by molar-refractivity contribution is 0.989. The molecule has 0 atom stereocenters. The molecular formula is C85H57N9. The van der Waals surface area contributed by atoms with E-state index in [4.69, 9.17) is 15.0 Å². The largest absolute Gasteiger partial charge is 0.310 e. The van der Waals surface area contributed by atoms with Crippen molar-refractivity contribution in [3.63, 3.8) is 0 Å². The molecule has 0 radical (unpaired) electrons. The minimum absolute atomic E-state index is 0.452. The Balaban J connectivity index is 0.845. The van der Waals surface area contributed by atoms with Gasteiger partial charge in [0, 0.05) is 94.8 Å². The molecule has 0 aliphatic rings. The van der Waals surface area contributed by atoms with Crippen LogP contribution in [0.15, 0.2) is 346 Å². The molecule has 0 unspecified atom stereocenters. The number of hydrogen-bond donors (Lipinski definition) is 0. The van der Waals surface area contributed by atoms with Gasteiger partial charge in [0.25, 0.3) is 0 Å². The Kier molecular flexibility index (Phi) is 13.0. The molecule has 4 aromatic heterocycles. The fourth-order valence-corrected chi connectivity index (χ4v) is 14.0. The smallest absolute Gasteiger partial charge is 0.240 e. The minimum atomic E-state index is 0.452. The predicted molar refractivity (Wildman–Crippen MR) is 390 cm³/mol. The van der Waals surface area contributed by atoms with Crippen LogP contribution in [0.2, 0.25) is 0 Å². The van der Waals surface area contributed by atoms with Gasteiger partial charge in [-0.3, -0.25) is 9.80 Å². The molecule has 0 saturated heterocycles. The molecule has 18 aromatic rings. The van der Waals surface area contributed by atoms with Crippen LogP contribution in [0, 0.1) is 0 Å². The molecule has 0 fully saturated rings. The van der Waals surface area contributed by atoms with Crippen LogP contribution < -0.4 is 14.7 Å². The average Bonchev–Trinajstić information content (AvgIpc) is 1.62. The molecule has 442 valence electrons. The summed E-state index contributed by atoms with van der Waals surface area (Å²) in [5.74, 6) is 1.42. The van der Waals surface area contributed by atoms with Crippen LogP contribution >= 0.6 is 0 Å². The number of para-hydroxylation sites is 9. The van der Waals surface area contributed by atoms with Crippen molar-refractivity contribution in [2.24, 2.45) is 0 Å². The first-order valence-corrected chi connectivity index (χ1v) is 31.8. The van der Waals surface area contributed by atoms with Crippen LogP contribution in [-0.4, -0.2) is 28.7 Å². The Hall–Kier alpha value is -12.9. The monoisotopic (exact) mass is 1200 g/mol. The zero-order chi connectivity index (χ0) is 62.1. The van der Waals surface area contributed by atoms with Crippen molar-refractivity contribution in [3.05, 3.63) is 346 Å². The quantitative estimate of drug-likeness (QED) is 0.115. The Morgan fingerprint density at radius 3 is 0.915 bits per heavy atom. The fourth-order valence-electron chi connectivity index (χ4n) is 14.0. The summed E-state index contributed by atoms with van der Waals surface area (Å²) >= 11 is 0. The van der Waals surface area contributed by atoms with E-state index in [0.717, 1.165) is 128 Å². The molecule has 0 spiro atoms. The number of nitrogens with zero attached hydrogens (tertiary/aromatic N) is 9. The number of fused-ring (bicyclic) bond motifs is 10. The summed E-state index contributed by atoms with van der Waals surface area (Å²) in [6, 6.07) is 123. The molecule has 94 heavy (non-hydrogen) atoms. The third-order valence-corrected chi connectivity index (χ3v) is 18.2. The van der Waals surface area contributed by atoms with Gasteiger partial charge in [-0.1, -0.05) is 182 Å². The minimum Gasteiger partial charge on any atom is -0.310 e. The van der Waals surface area contributed by atoms with Crippen LogP contribution in [0.5, 0.6) is 0 Å². The number of rotatable bonds is 13. The molecule has 4 heterocycles. The normalized spacial score (nSPS) is 11.6. The molecule has 14 aromatic carbocycles. The lowest BCUT2D eigenvalue weighted by Gasteiger charge is -2.27. The zero-order valence-corrected chi connectivity index (χ0v) is 50.9. The maximum atomic E-state index is 5.69. The van der Waals surface area contributed by atoms with Gasteiger partial charge in [0.2, 0.25) is 11.9 Å². The summed E-state index contributed by atoms with van der Waals surface area (Å²) in [6.45, 7) is 0. The molecule has 9 heteroatoms. The van der Waals surface area contributed by atoms with E-state index in [1.54, 1.807) is 0 Å². The Morgan fingerprint density at radius 1 is 0.202 bits per heavy atom. The highest BCUT2D eigenvalue weighted by Gasteiger charge is 2.27. The maximum absolute atomic E-state index is 5.69. The van der Waals surface area contributed by atoms with E-state index in [9.17, 15) is 0 Å². The topological polar surface area (TPSA) is 63.2 Å². The average molecular weight is 1200 g/mol. The standard InChI is InChI=1S/C85H57N9/c1-7-25-61(26-8-1)89(68-47-50-80-74(55-68)71-37-19-22-40-77(71)92(80)64-31-13-4-14-32-64)67-46-45-58-43-44-59(53-60(58)54-67)83-86-84(90(62-27-9-2-10-28-62)69-48-51-81-75(56-69)72-38-20-23-41-78(72)93(81)65-33-15-5-16-34-65)88-85(87-83)91(63-29-11-3-12-30-63)70-49-52-82-76(57-70)73-39-21-24-42-79(73)94(82)66-35-17-6-18-36-66/h1-57H. The van der Waals surface area contributed by atoms with Gasteiger partial charge in [-0.15, -0.1) is 0 Å². The van der Waals surface area contributed by atoms with Gasteiger partial charge in [-0.05, 0) is 175 Å².